The fraction of sp³-hybridized carbons (Fsp3) is 0.364. The third-order valence-electron chi connectivity index (χ3n) is 1.95. The molecule has 0 spiro atoms. The van der Waals surface area contributed by atoms with Crippen LogP contribution in [0.3, 0.4) is 0 Å². The minimum Gasteiger partial charge on any atom is -0.466 e. The first kappa shape index (κ1) is 13.0. The second-order valence-corrected chi connectivity index (χ2v) is 3.39. The van der Waals surface area contributed by atoms with Crippen LogP contribution < -0.4 is 11.4 Å². The van der Waals surface area contributed by atoms with Gasteiger partial charge in [-0.1, -0.05) is 12.2 Å². The average Bonchev–Trinajstić information content (AvgIpc) is 2.25. The minimum atomic E-state index is -0.380. The van der Waals surface area contributed by atoms with Crippen LogP contribution in [0.2, 0.25) is 0 Å². The Kier molecular flexibility index (Phi) is 4.93. The zero-order valence-electron chi connectivity index (χ0n) is 9.63. The van der Waals surface area contributed by atoms with Crippen molar-refractivity contribution in [1.82, 2.24) is 9.55 Å². The highest BCUT2D eigenvalue weighted by Crippen LogP contribution is 1.91. The Labute approximate surface area is 98.7 Å². The van der Waals surface area contributed by atoms with E-state index < -0.39 is 0 Å². The molecule has 6 nitrogen and oxygen atoms in total. The maximum atomic E-state index is 11.3. The van der Waals surface area contributed by atoms with Crippen molar-refractivity contribution < 1.29 is 9.53 Å². The number of nitrogens with zero attached hydrogens (tertiary/aromatic N) is 2. The van der Waals surface area contributed by atoms with Crippen molar-refractivity contribution in [2.24, 2.45) is 0 Å². The number of carbonyl (C=O) groups is 1. The Morgan fingerprint density at radius 2 is 2.35 bits per heavy atom. The van der Waals surface area contributed by atoms with E-state index in [4.69, 9.17) is 10.5 Å². The van der Waals surface area contributed by atoms with Gasteiger partial charge >= 0.3 is 11.7 Å². The number of nitrogen functional groups attached to an aromatic ring is 1. The van der Waals surface area contributed by atoms with Crippen LogP contribution in [-0.2, 0) is 16.1 Å². The number of rotatable bonds is 5. The molecule has 0 bridgehead atoms. The van der Waals surface area contributed by atoms with Crippen molar-refractivity contribution >= 4 is 11.8 Å². The van der Waals surface area contributed by atoms with Crippen LogP contribution in [0, 0.1) is 0 Å². The lowest BCUT2D eigenvalue weighted by atomic mass is 10.4. The molecule has 0 fully saturated rings. The molecule has 1 heterocycles. The fourth-order valence-corrected chi connectivity index (χ4v) is 1.16. The normalized spacial score (nSPS) is 10.6. The Bertz CT molecular complexity index is 465. The van der Waals surface area contributed by atoms with E-state index >= 15 is 0 Å². The van der Waals surface area contributed by atoms with Crippen molar-refractivity contribution in [2.75, 3.05) is 12.3 Å². The molecule has 0 aliphatic heterocycles. The molecular formula is C11H15N3O3. The number of nitrogens with two attached hydrogens (primary N) is 1. The molecule has 0 aliphatic carbocycles. The van der Waals surface area contributed by atoms with Gasteiger partial charge in [0, 0.05) is 19.7 Å². The van der Waals surface area contributed by atoms with E-state index in [1.54, 1.807) is 12.3 Å². The minimum absolute atomic E-state index is 0.213. The summed E-state index contributed by atoms with van der Waals surface area (Å²) in [6.45, 7) is 2.14. The van der Waals surface area contributed by atoms with Crippen molar-refractivity contribution in [2.45, 2.75) is 19.9 Å². The van der Waals surface area contributed by atoms with E-state index in [-0.39, 0.29) is 17.5 Å². The molecule has 0 radical (unpaired) electrons. The summed E-state index contributed by atoms with van der Waals surface area (Å²) >= 11 is 0. The predicted molar refractivity (Wildman–Crippen MR) is 63.3 cm³/mol. The summed E-state index contributed by atoms with van der Waals surface area (Å²) in [5.74, 6) is -0.0811. The number of esters is 1. The molecule has 1 rings (SSSR count). The van der Waals surface area contributed by atoms with Gasteiger partial charge in [0.25, 0.3) is 0 Å². The molecule has 6 heteroatoms. The van der Waals surface area contributed by atoms with E-state index in [1.165, 1.54) is 11.5 Å². The number of hydrogen-bond acceptors (Lipinski definition) is 5. The van der Waals surface area contributed by atoms with Crippen LogP contribution >= 0.6 is 0 Å². The fourth-order valence-electron chi connectivity index (χ4n) is 1.16. The summed E-state index contributed by atoms with van der Waals surface area (Å²) in [6.07, 6.45) is 5.85. The van der Waals surface area contributed by atoms with Gasteiger partial charge in [0.05, 0.1) is 6.61 Å². The Balaban J connectivity index is 2.37. The number of allylic oxidation sites excluding steroid dienone is 1. The summed E-state index contributed by atoms with van der Waals surface area (Å²) < 4.78 is 6.18. The Morgan fingerprint density at radius 3 is 3.00 bits per heavy atom. The van der Waals surface area contributed by atoms with Gasteiger partial charge in [-0.15, -0.1) is 0 Å². The molecule has 0 unspecified atom stereocenters. The quantitative estimate of drug-likeness (QED) is 0.453. The Hall–Kier alpha value is -2.11. The van der Waals surface area contributed by atoms with Crippen LogP contribution in [-0.4, -0.2) is 22.1 Å². The monoisotopic (exact) mass is 237 g/mol. The predicted octanol–water partition coefficient (Wildman–Crippen LogP) is 0.335. The van der Waals surface area contributed by atoms with Crippen LogP contribution in [0.5, 0.6) is 0 Å². The van der Waals surface area contributed by atoms with Crippen LogP contribution in [0.4, 0.5) is 5.82 Å². The van der Waals surface area contributed by atoms with Gasteiger partial charge in [0.1, 0.15) is 5.82 Å². The molecule has 0 atom stereocenters. The van der Waals surface area contributed by atoms with Gasteiger partial charge < -0.3 is 10.5 Å². The van der Waals surface area contributed by atoms with Gasteiger partial charge in [0.2, 0.25) is 0 Å². The molecule has 17 heavy (non-hydrogen) atoms. The van der Waals surface area contributed by atoms with E-state index in [2.05, 4.69) is 4.98 Å². The second kappa shape index (κ2) is 6.47. The third kappa shape index (κ3) is 4.96. The average molecular weight is 237 g/mol. The second-order valence-electron chi connectivity index (χ2n) is 3.39. The van der Waals surface area contributed by atoms with Gasteiger partial charge in [-0.05, 0) is 12.5 Å². The lowest BCUT2D eigenvalue weighted by Crippen LogP contribution is -2.22. The van der Waals surface area contributed by atoms with Gasteiger partial charge in [-0.3, -0.25) is 9.36 Å². The maximum absolute atomic E-state index is 11.3. The van der Waals surface area contributed by atoms with Gasteiger partial charge in [-0.2, -0.15) is 4.98 Å². The molecule has 2 N–H and O–H groups in total. The lowest BCUT2D eigenvalue weighted by Gasteiger charge is -2.00. The van der Waals surface area contributed by atoms with Gasteiger partial charge in [-0.25, -0.2) is 4.79 Å². The zero-order chi connectivity index (χ0) is 12.7. The van der Waals surface area contributed by atoms with Crippen molar-refractivity contribution in [3.05, 3.63) is 34.9 Å². The molecule has 0 amide bonds. The number of ether oxygens (including phenoxy) is 1. The SMILES string of the molecule is CC(=O)OCC/C=C/Cn1ccc(N)nc1=O. The van der Waals surface area contributed by atoms with Crippen molar-refractivity contribution in [3.63, 3.8) is 0 Å². The van der Waals surface area contributed by atoms with E-state index in [0.29, 0.717) is 19.6 Å². The molecule has 0 saturated carbocycles. The van der Waals surface area contributed by atoms with E-state index in [0.717, 1.165) is 0 Å². The van der Waals surface area contributed by atoms with Crippen molar-refractivity contribution in [1.29, 1.82) is 0 Å². The molecule has 0 aromatic carbocycles. The summed E-state index contributed by atoms with van der Waals surface area (Å²) in [6, 6.07) is 1.56. The highest BCUT2D eigenvalue weighted by molar-refractivity contribution is 5.65. The standard InChI is InChI=1S/C11H15N3O3/c1-9(15)17-8-4-2-3-6-14-7-5-10(12)13-11(14)16/h2-3,5,7H,4,6,8H2,1H3,(H2,12,13,16)/b3-2+. The highest BCUT2D eigenvalue weighted by Gasteiger charge is 1.94. The molecular weight excluding hydrogens is 222 g/mol. The summed E-state index contributed by atoms with van der Waals surface area (Å²) in [5, 5.41) is 0. The molecule has 1 aromatic rings. The van der Waals surface area contributed by atoms with Crippen LogP contribution in [0.15, 0.2) is 29.2 Å². The van der Waals surface area contributed by atoms with Crippen LogP contribution in [0.1, 0.15) is 13.3 Å². The third-order valence-corrected chi connectivity index (χ3v) is 1.95. The first-order valence-electron chi connectivity index (χ1n) is 5.21. The molecule has 92 valence electrons. The number of aromatic nitrogens is 2. The van der Waals surface area contributed by atoms with Crippen molar-refractivity contribution in [3.8, 4) is 0 Å². The number of carbonyl (C=O) groups excluding carboxylic acids is 1. The number of anilines is 1. The highest BCUT2D eigenvalue weighted by atomic mass is 16.5. The molecule has 1 aromatic heterocycles. The molecule has 0 saturated heterocycles. The Morgan fingerprint density at radius 1 is 1.59 bits per heavy atom. The summed E-state index contributed by atoms with van der Waals surface area (Å²) in [5.41, 5.74) is 4.98. The first-order valence-corrected chi connectivity index (χ1v) is 5.21. The molecule has 0 aliphatic rings. The summed E-state index contributed by atoms with van der Waals surface area (Å²) in [4.78, 5) is 25.4. The van der Waals surface area contributed by atoms with Crippen LogP contribution in [0.25, 0.3) is 0 Å². The van der Waals surface area contributed by atoms with Gasteiger partial charge in [0.15, 0.2) is 0 Å². The number of hydrogen-bond donors (Lipinski definition) is 1. The summed E-state index contributed by atoms with van der Waals surface area (Å²) in [7, 11) is 0. The van der Waals surface area contributed by atoms with E-state index in [9.17, 15) is 9.59 Å². The lowest BCUT2D eigenvalue weighted by molar-refractivity contribution is -0.140. The topological polar surface area (TPSA) is 87.2 Å². The zero-order valence-corrected chi connectivity index (χ0v) is 9.63. The first-order chi connectivity index (χ1) is 8.09. The maximum Gasteiger partial charge on any atom is 0.349 e. The largest absolute Gasteiger partial charge is 0.466 e. The smallest absolute Gasteiger partial charge is 0.349 e. The van der Waals surface area contributed by atoms with E-state index in [1.807, 2.05) is 12.2 Å².